The first-order valence-corrected chi connectivity index (χ1v) is 8.73. The van der Waals surface area contributed by atoms with Gasteiger partial charge in [-0.05, 0) is 24.5 Å². The molecular weight excluding hydrogens is 347 g/mol. The molecule has 3 rings (SSSR count). The molecule has 0 aromatic heterocycles. The van der Waals surface area contributed by atoms with Crippen LogP contribution in [0.15, 0.2) is 24.3 Å². The highest BCUT2D eigenvalue weighted by atomic mass is 19.4. The summed E-state index contributed by atoms with van der Waals surface area (Å²) in [7, 11) is 0. The molecule has 5 nitrogen and oxygen atoms in total. The Balaban J connectivity index is 1.50. The van der Waals surface area contributed by atoms with Gasteiger partial charge in [0.1, 0.15) is 0 Å². The maximum Gasteiger partial charge on any atom is 0.418 e. The summed E-state index contributed by atoms with van der Waals surface area (Å²) in [5.74, 6) is 0.293. The van der Waals surface area contributed by atoms with E-state index in [9.17, 15) is 22.8 Å². The van der Waals surface area contributed by atoms with Crippen LogP contribution in [-0.2, 0) is 15.8 Å². The Morgan fingerprint density at radius 3 is 2.35 bits per heavy atom. The van der Waals surface area contributed by atoms with Gasteiger partial charge in [-0.25, -0.2) is 0 Å². The van der Waals surface area contributed by atoms with Crippen LogP contribution in [0.5, 0.6) is 0 Å². The molecule has 1 aliphatic heterocycles. The van der Waals surface area contributed by atoms with E-state index in [1.807, 2.05) is 9.80 Å². The predicted octanol–water partition coefficient (Wildman–Crippen LogP) is 2.44. The number of alkyl halides is 3. The lowest BCUT2D eigenvalue weighted by Gasteiger charge is -2.34. The summed E-state index contributed by atoms with van der Waals surface area (Å²) in [6.07, 6.45) is -3.57. The molecular formula is C18H22F3N3O2. The number of nitrogens with one attached hydrogen (secondary N) is 1. The summed E-state index contributed by atoms with van der Waals surface area (Å²) in [4.78, 5) is 28.0. The van der Waals surface area contributed by atoms with E-state index in [0.717, 1.165) is 12.5 Å². The van der Waals surface area contributed by atoms with Crippen LogP contribution in [0.3, 0.4) is 0 Å². The standard InChI is InChI=1S/C18H22F3N3O2/c1-12-10-13(12)17(26)24-8-6-23(7-9-24)11-16(25)22-15-5-3-2-4-14(15)18(19,20)21/h2-5,12-13H,6-11H2,1H3,(H,22,25)/t12-,13-/m1/s1. The number of amides is 2. The molecule has 0 bridgehead atoms. The van der Waals surface area contributed by atoms with Crippen LogP contribution < -0.4 is 5.32 Å². The summed E-state index contributed by atoms with van der Waals surface area (Å²) in [6.45, 7) is 4.25. The van der Waals surface area contributed by atoms with Gasteiger partial charge in [-0.2, -0.15) is 13.2 Å². The summed E-state index contributed by atoms with van der Waals surface area (Å²) < 4.78 is 38.9. The molecule has 1 saturated heterocycles. The van der Waals surface area contributed by atoms with Crippen molar-refractivity contribution in [2.45, 2.75) is 19.5 Å². The van der Waals surface area contributed by atoms with E-state index >= 15 is 0 Å². The largest absolute Gasteiger partial charge is 0.418 e. The summed E-state index contributed by atoms with van der Waals surface area (Å²) in [6, 6.07) is 4.93. The molecule has 1 aromatic rings. The van der Waals surface area contributed by atoms with Gasteiger partial charge in [-0.15, -0.1) is 0 Å². The second-order valence-corrected chi connectivity index (χ2v) is 7.01. The molecule has 1 saturated carbocycles. The average molecular weight is 369 g/mol. The first-order valence-electron chi connectivity index (χ1n) is 8.73. The highest BCUT2D eigenvalue weighted by Gasteiger charge is 2.42. The third-order valence-corrected chi connectivity index (χ3v) is 4.98. The maximum absolute atomic E-state index is 13.0. The molecule has 8 heteroatoms. The fourth-order valence-electron chi connectivity index (χ4n) is 3.26. The lowest BCUT2D eigenvalue weighted by Crippen LogP contribution is -2.51. The number of hydrogen-bond donors (Lipinski definition) is 1. The second-order valence-electron chi connectivity index (χ2n) is 7.01. The molecule has 2 fully saturated rings. The summed E-state index contributed by atoms with van der Waals surface area (Å²) >= 11 is 0. The van der Waals surface area contributed by atoms with Gasteiger partial charge in [0.05, 0.1) is 17.8 Å². The fourth-order valence-corrected chi connectivity index (χ4v) is 3.26. The lowest BCUT2D eigenvalue weighted by molar-refractivity contribution is -0.137. The molecule has 0 spiro atoms. The zero-order chi connectivity index (χ0) is 18.9. The van der Waals surface area contributed by atoms with Crippen molar-refractivity contribution in [3.05, 3.63) is 29.8 Å². The van der Waals surface area contributed by atoms with Gasteiger partial charge in [-0.1, -0.05) is 19.1 Å². The van der Waals surface area contributed by atoms with E-state index < -0.39 is 17.6 Å². The van der Waals surface area contributed by atoms with Crippen molar-refractivity contribution < 1.29 is 22.8 Å². The number of carbonyl (C=O) groups excluding carboxylic acids is 2. The van der Waals surface area contributed by atoms with Gasteiger partial charge in [0, 0.05) is 32.1 Å². The maximum atomic E-state index is 13.0. The Bertz CT molecular complexity index is 685. The van der Waals surface area contributed by atoms with E-state index in [-0.39, 0.29) is 24.1 Å². The van der Waals surface area contributed by atoms with Gasteiger partial charge in [-0.3, -0.25) is 14.5 Å². The second kappa shape index (κ2) is 7.26. The third kappa shape index (κ3) is 4.35. The van der Waals surface area contributed by atoms with Crippen LogP contribution in [0.4, 0.5) is 18.9 Å². The van der Waals surface area contributed by atoms with Gasteiger partial charge in [0.25, 0.3) is 0 Å². The summed E-state index contributed by atoms with van der Waals surface area (Å²) in [5, 5.41) is 2.35. The minimum absolute atomic E-state index is 0.00799. The van der Waals surface area contributed by atoms with E-state index in [1.165, 1.54) is 18.2 Å². The number of nitrogens with zero attached hydrogens (tertiary/aromatic N) is 2. The SMILES string of the molecule is C[C@@H]1C[C@H]1C(=O)N1CCN(CC(=O)Nc2ccccc2C(F)(F)F)CC1. The molecule has 0 radical (unpaired) electrons. The molecule has 26 heavy (non-hydrogen) atoms. The first-order chi connectivity index (χ1) is 12.3. The molecule has 2 atom stereocenters. The van der Waals surface area contributed by atoms with Crippen molar-refractivity contribution in [3.63, 3.8) is 0 Å². The number of anilines is 1. The number of rotatable bonds is 4. The number of piperazine rings is 1. The molecule has 2 aliphatic rings. The van der Waals surface area contributed by atoms with Crippen molar-refractivity contribution in [1.82, 2.24) is 9.80 Å². The van der Waals surface area contributed by atoms with Gasteiger partial charge in [0.2, 0.25) is 11.8 Å². The average Bonchev–Trinajstić information content (AvgIpc) is 3.31. The van der Waals surface area contributed by atoms with Crippen LogP contribution in [-0.4, -0.2) is 54.3 Å². The van der Waals surface area contributed by atoms with Crippen LogP contribution >= 0.6 is 0 Å². The number of benzene rings is 1. The van der Waals surface area contributed by atoms with Crippen molar-refractivity contribution in [1.29, 1.82) is 0 Å². The van der Waals surface area contributed by atoms with Gasteiger partial charge in [0.15, 0.2) is 0 Å². The highest BCUT2D eigenvalue weighted by Crippen LogP contribution is 2.39. The normalized spacial score (nSPS) is 23.6. The Kier molecular flexibility index (Phi) is 5.22. The predicted molar refractivity (Wildman–Crippen MR) is 90.4 cm³/mol. The zero-order valence-electron chi connectivity index (χ0n) is 14.6. The number of hydrogen-bond acceptors (Lipinski definition) is 3. The summed E-state index contributed by atoms with van der Waals surface area (Å²) in [5.41, 5.74) is -1.09. The van der Waals surface area contributed by atoms with Crippen LogP contribution in [0.2, 0.25) is 0 Å². The Morgan fingerprint density at radius 2 is 1.77 bits per heavy atom. The van der Waals surface area contributed by atoms with Gasteiger partial charge < -0.3 is 10.2 Å². The molecule has 1 heterocycles. The van der Waals surface area contributed by atoms with E-state index in [0.29, 0.717) is 32.1 Å². The van der Waals surface area contributed by atoms with Crippen molar-refractivity contribution in [3.8, 4) is 0 Å². The number of halogens is 3. The fraction of sp³-hybridized carbons (Fsp3) is 0.556. The zero-order valence-corrected chi connectivity index (χ0v) is 14.6. The van der Waals surface area contributed by atoms with Gasteiger partial charge >= 0.3 is 6.18 Å². The van der Waals surface area contributed by atoms with Crippen molar-refractivity contribution >= 4 is 17.5 Å². The molecule has 0 unspecified atom stereocenters. The first kappa shape index (κ1) is 18.7. The van der Waals surface area contributed by atoms with Crippen LogP contribution in [0, 0.1) is 11.8 Å². The van der Waals surface area contributed by atoms with Crippen molar-refractivity contribution in [2.24, 2.45) is 11.8 Å². The monoisotopic (exact) mass is 369 g/mol. The smallest absolute Gasteiger partial charge is 0.340 e. The minimum atomic E-state index is -4.52. The number of para-hydroxylation sites is 1. The quantitative estimate of drug-likeness (QED) is 0.887. The van der Waals surface area contributed by atoms with Crippen LogP contribution in [0.1, 0.15) is 18.9 Å². The van der Waals surface area contributed by atoms with E-state index in [2.05, 4.69) is 12.2 Å². The molecule has 1 aliphatic carbocycles. The Hall–Kier alpha value is -2.09. The molecule has 142 valence electrons. The van der Waals surface area contributed by atoms with Crippen LogP contribution in [0.25, 0.3) is 0 Å². The molecule has 2 amide bonds. The Morgan fingerprint density at radius 1 is 1.15 bits per heavy atom. The number of carbonyl (C=O) groups is 2. The minimum Gasteiger partial charge on any atom is -0.340 e. The third-order valence-electron chi connectivity index (χ3n) is 4.98. The Labute approximate surface area is 150 Å². The highest BCUT2D eigenvalue weighted by molar-refractivity contribution is 5.93. The molecule has 1 aromatic carbocycles. The van der Waals surface area contributed by atoms with E-state index in [4.69, 9.17) is 0 Å². The molecule has 1 N–H and O–H groups in total. The topological polar surface area (TPSA) is 52.7 Å². The lowest BCUT2D eigenvalue weighted by atomic mass is 10.1. The van der Waals surface area contributed by atoms with E-state index in [1.54, 1.807) is 0 Å². The van der Waals surface area contributed by atoms with Crippen molar-refractivity contribution in [2.75, 3.05) is 38.0 Å².